The highest BCUT2D eigenvalue weighted by molar-refractivity contribution is 7.81. The number of imide groups is 1. The largest absolute Gasteiger partial charge is 0.416 e. The van der Waals surface area contributed by atoms with E-state index < -0.39 is 23.7 Å². The van der Waals surface area contributed by atoms with Gasteiger partial charge < -0.3 is 5.32 Å². The number of nitrogens with zero attached hydrogens (tertiary/aromatic N) is 1. The van der Waals surface area contributed by atoms with Crippen molar-refractivity contribution < 1.29 is 27.6 Å². The first kappa shape index (κ1) is 24.2. The topological polar surface area (TPSA) is 90.5 Å². The molecule has 0 bridgehead atoms. The van der Waals surface area contributed by atoms with Crippen molar-refractivity contribution in [3.8, 4) is 0 Å². The van der Waals surface area contributed by atoms with Gasteiger partial charge in [-0.1, -0.05) is 6.07 Å². The molecule has 1 atom stereocenters. The smallest absolute Gasteiger partial charge is 0.331 e. The highest BCUT2D eigenvalue weighted by atomic mass is 32.1. The number of alkyl halides is 3. The van der Waals surface area contributed by atoms with Gasteiger partial charge in [0, 0.05) is 30.0 Å². The molecule has 1 saturated heterocycles. The summed E-state index contributed by atoms with van der Waals surface area (Å²) in [6, 6.07) is 7.68. The van der Waals surface area contributed by atoms with Crippen molar-refractivity contribution in [2.45, 2.75) is 43.0 Å². The standard InChI is InChI=1S/C22H19F3N4O3S2/c23-22(24,25)14-3-4-15(17(33)8-14)26-21(34)28-19(31)11-1-2-12-9-29(10-13(12)7-11)16-5-6-18(30)27-20(16)32/h1-4,7-8,16,33H,5-6,9-10H2,(H,27,30,32)(H2,26,28,31,34). The third-order valence-electron chi connectivity index (χ3n) is 5.67. The molecule has 2 aromatic carbocycles. The Kier molecular flexibility index (Phi) is 6.65. The van der Waals surface area contributed by atoms with Crippen LogP contribution in [0.4, 0.5) is 18.9 Å². The number of fused-ring (bicyclic) bond motifs is 1. The van der Waals surface area contributed by atoms with Crippen LogP contribution in [0.25, 0.3) is 0 Å². The molecule has 3 N–H and O–H groups in total. The molecular formula is C22H19F3N4O3S2. The molecule has 2 aliphatic rings. The van der Waals surface area contributed by atoms with Crippen molar-refractivity contribution in [1.29, 1.82) is 0 Å². The maximum atomic E-state index is 12.8. The Hall–Kier alpha value is -2.96. The zero-order valence-electron chi connectivity index (χ0n) is 17.5. The number of hydrogen-bond donors (Lipinski definition) is 4. The van der Waals surface area contributed by atoms with Gasteiger partial charge in [0.25, 0.3) is 5.91 Å². The molecule has 4 rings (SSSR count). The van der Waals surface area contributed by atoms with Crippen LogP contribution >= 0.6 is 24.8 Å². The lowest BCUT2D eigenvalue weighted by Crippen LogP contribution is -2.50. The van der Waals surface area contributed by atoms with Crippen LogP contribution in [-0.4, -0.2) is 33.8 Å². The molecule has 1 fully saturated rings. The van der Waals surface area contributed by atoms with Gasteiger partial charge >= 0.3 is 6.18 Å². The van der Waals surface area contributed by atoms with Crippen LogP contribution < -0.4 is 16.0 Å². The van der Waals surface area contributed by atoms with E-state index in [9.17, 15) is 27.6 Å². The zero-order valence-corrected chi connectivity index (χ0v) is 19.2. The molecule has 0 aromatic heterocycles. The first-order chi connectivity index (χ1) is 16.0. The van der Waals surface area contributed by atoms with E-state index in [1.807, 2.05) is 4.90 Å². The lowest BCUT2D eigenvalue weighted by atomic mass is 10.0. The molecule has 2 heterocycles. The van der Waals surface area contributed by atoms with Crippen LogP contribution in [0, 0.1) is 0 Å². The first-order valence-electron chi connectivity index (χ1n) is 10.2. The molecule has 1 unspecified atom stereocenters. The maximum Gasteiger partial charge on any atom is 0.416 e. The number of hydrogen-bond acceptors (Lipinski definition) is 6. The van der Waals surface area contributed by atoms with Gasteiger partial charge in [0.1, 0.15) is 0 Å². The average molecular weight is 509 g/mol. The Morgan fingerprint density at radius 1 is 1.12 bits per heavy atom. The molecule has 0 spiro atoms. The molecule has 0 radical (unpaired) electrons. The third-order valence-corrected chi connectivity index (χ3v) is 6.24. The molecule has 2 aliphatic heterocycles. The zero-order chi connectivity index (χ0) is 24.6. The van der Waals surface area contributed by atoms with E-state index in [0.717, 1.165) is 23.3 Å². The van der Waals surface area contributed by atoms with E-state index in [0.29, 0.717) is 25.1 Å². The van der Waals surface area contributed by atoms with Gasteiger partial charge in [0.05, 0.1) is 17.3 Å². The predicted octanol–water partition coefficient (Wildman–Crippen LogP) is 3.24. The number of carbonyl (C=O) groups is 3. The summed E-state index contributed by atoms with van der Waals surface area (Å²) < 4.78 is 38.4. The minimum absolute atomic E-state index is 0.0255. The fraction of sp³-hybridized carbons (Fsp3) is 0.273. The van der Waals surface area contributed by atoms with Gasteiger partial charge in [-0.2, -0.15) is 13.2 Å². The highest BCUT2D eigenvalue weighted by Crippen LogP contribution is 2.33. The van der Waals surface area contributed by atoms with E-state index in [1.54, 1.807) is 18.2 Å². The van der Waals surface area contributed by atoms with Crippen LogP contribution in [0.3, 0.4) is 0 Å². The van der Waals surface area contributed by atoms with Crippen LogP contribution in [0.1, 0.15) is 39.9 Å². The van der Waals surface area contributed by atoms with E-state index in [-0.39, 0.29) is 33.9 Å². The van der Waals surface area contributed by atoms with Crippen LogP contribution in [0.2, 0.25) is 0 Å². The summed E-state index contributed by atoms with van der Waals surface area (Å²) >= 11 is 9.18. The van der Waals surface area contributed by atoms with Gasteiger partial charge in [-0.05, 0) is 60.1 Å². The second-order valence-electron chi connectivity index (χ2n) is 7.99. The van der Waals surface area contributed by atoms with E-state index in [2.05, 4.69) is 28.6 Å². The molecule has 7 nitrogen and oxygen atoms in total. The Bertz CT molecular complexity index is 1200. The van der Waals surface area contributed by atoms with Crippen molar-refractivity contribution in [3.63, 3.8) is 0 Å². The lowest BCUT2D eigenvalue weighted by molar-refractivity contribution is -0.138. The number of thiocarbonyl (C=S) groups is 1. The Balaban J connectivity index is 1.38. The molecule has 34 heavy (non-hydrogen) atoms. The molecule has 2 aromatic rings. The lowest BCUT2D eigenvalue weighted by Gasteiger charge is -2.29. The van der Waals surface area contributed by atoms with E-state index in [1.165, 1.54) is 6.07 Å². The molecule has 12 heteroatoms. The molecule has 0 aliphatic carbocycles. The van der Waals surface area contributed by atoms with Crippen molar-refractivity contribution >= 4 is 53.4 Å². The Morgan fingerprint density at radius 2 is 1.85 bits per heavy atom. The summed E-state index contributed by atoms with van der Waals surface area (Å²) in [6.07, 6.45) is -3.76. The number of nitrogens with one attached hydrogen (secondary N) is 3. The molecule has 3 amide bonds. The third kappa shape index (κ3) is 5.24. The van der Waals surface area contributed by atoms with E-state index >= 15 is 0 Å². The number of thiol groups is 1. The number of benzene rings is 2. The van der Waals surface area contributed by atoms with Crippen molar-refractivity contribution in [2.24, 2.45) is 0 Å². The van der Waals surface area contributed by atoms with Gasteiger partial charge in [0.15, 0.2) is 5.11 Å². The van der Waals surface area contributed by atoms with Gasteiger partial charge in [-0.25, -0.2) is 0 Å². The SMILES string of the molecule is O=C1CCC(N2Cc3ccc(C(=O)NC(=S)Nc4ccc(C(F)(F)F)cc4S)cc3C2)C(=O)N1. The summed E-state index contributed by atoms with van der Waals surface area (Å²) in [7, 11) is 0. The number of rotatable bonds is 3. The Morgan fingerprint density at radius 3 is 2.53 bits per heavy atom. The normalized spacial score (nSPS) is 18.3. The van der Waals surface area contributed by atoms with E-state index in [4.69, 9.17) is 12.2 Å². The minimum Gasteiger partial charge on any atom is -0.331 e. The number of halogens is 3. The summed E-state index contributed by atoms with van der Waals surface area (Å²) in [4.78, 5) is 38.2. The molecule has 0 saturated carbocycles. The van der Waals surface area contributed by atoms with Crippen LogP contribution in [-0.2, 0) is 28.9 Å². The summed E-state index contributed by atoms with van der Waals surface area (Å²) in [5, 5.41) is 7.44. The quantitative estimate of drug-likeness (QED) is 0.289. The van der Waals surface area contributed by atoms with Gasteiger partial charge in [-0.15, -0.1) is 12.6 Å². The highest BCUT2D eigenvalue weighted by Gasteiger charge is 2.35. The van der Waals surface area contributed by atoms with Gasteiger partial charge in [0.2, 0.25) is 11.8 Å². The number of carbonyl (C=O) groups excluding carboxylic acids is 3. The minimum atomic E-state index is -4.49. The summed E-state index contributed by atoms with van der Waals surface area (Å²) in [5.74, 6) is -1.08. The van der Waals surface area contributed by atoms with Crippen molar-refractivity contribution in [1.82, 2.24) is 15.5 Å². The van der Waals surface area contributed by atoms with Gasteiger partial charge in [-0.3, -0.25) is 29.9 Å². The van der Waals surface area contributed by atoms with Crippen molar-refractivity contribution in [2.75, 3.05) is 5.32 Å². The number of anilines is 1. The average Bonchev–Trinajstić information content (AvgIpc) is 3.17. The maximum absolute atomic E-state index is 12.8. The molecular weight excluding hydrogens is 489 g/mol. The number of piperidine rings is 1. The monoisotopic (exact) mass is 508 g/mol. The first-order valence-corrected chi connectivity index (χ1v) is 11.1. The molecule has 178 valence electrons. The summed E-state index contributed by atoms with van der Waals surface area (Å²) in [5.41, 5.74) is 1.58. The van der Waals surface area contributed by atoms with Crippen molar-refractivity contribution in [3.05, 3.63) is 58.7 Å². The second-order valence-corrected chi connectivity index (χ2v) is 8.88. The fourth-order valence-electron chi connectivity index (χ4n) is 3.96. The number of amides is 3. The predicted molar refractivity (Wildman–Crippen MR) is 124 cm³/mol. The van der Waals surface area contributed by atoms with Crippen LogP contribution in [0.15, 0.2) is 41.3 Å². The second kappa shape index (κ2) is 9.35. The summed E-state index contributed by atoms with van der Waals surface area (Å²) in [6.45, 7) is 0.988. The van der Waals surface area contributed by atoms with Crippen LogP contribution in [0.5, 0.6) is 0 Å². The Labute approximate surface area is 203 Å². The fourth-order valence-corrected chi connectivity index (χ4v) is 4.43.